The Morgan fingerprint density at radius 3 is 2.29 bits per heavy atom. The van der Waals surface area contributed by atoms with Crippen molar-refractivity contribution in [3.63, 3.8) is 0 Å². The summed E-state index contributed by atoms with van der Waals surface area (Å²) in [6.45, 7) is 0.894. The maximum atomic E-state index is 12.9. The lowest BCUT2D eigenvalue weighted by Gasteiger charge is -2.34. The van der Waals surface area contributed by atoms with E-state index in [1.165, 1.54) is 11.8 Å². The highest BCUT2D eigenvalue weighted by atomic mass is 32.2. The van der Waals surface area contributed by atoms with Gasteiger partial charge in [-0.2, -0.15) is 33.7 Å². The van der Waals surface area contributed by atoms with Gasteiger partial charge >= 0.3 is 12.1 Å². The number of alkyl halides is 5. The number of thioether (sulfide) groups is 1. The molecule has 3 aromatic carbocycles. The topological polar surface area (TPSA) is 58.9 Å². The first-order valence-corrected chi connectivity index (χ1v) is 14.7. The summed E-state index contributed by atoms with van der Waals surface area (Å²) >= 11 is 1.39. The zero-order valence-electron chi connectivity index (χ0n) is 22.4. The summed E-state index contributed by atoms with van der Waals surface area (Å²) in [7, 11) is 0. The third kappa shape index (κ3) is 8.21. The first kappa shape index (κ1) is 30.8. The molecule has 2 atom stereocenters. The normalized spacial score (nSPS) is 17.1. The van der Waals surface area contributed by atoms with Crippen molar-refractivity contribution in [3.05, 3.63) is 83.4 Å². The summed E-state index contributed by atoms with van der Waals surface area (Å²) in [6, 6.07) is 20.1. The number of unbranched alkanes of at least 4 members (excludes halogenated alkanes) is 2. The van der Waals surface area contributed by atoms with Gasteiger partial charge in [-0.25, -0.2) is 0 Å². The molecule has 0 aliphatic carbocycles. The largest absolute Gasteiger partial charge is 0.508 e. The van der Waals surface area contributed by atoms with Crippen molar-refractivity contribution < 1.29 is 41.6 Å². The smallest absolute Gasteiger partial charge is 0.453 e. The maximum absolute atomic E-state index is 12.9. The van der Waals surface area contributed by atoms with Crippen molar-refractivity contribution in [2.45, 2.75) is 56.0 Å². The maximum Gasteiger partial charge on any atom is 0.453 e. The van der Waals surface area contributed by atoms with E-state index < -0.39 is 18.5 Å². The molecule has 0 bridgehead atoms. The van der Waals surface area contributed by atoms with Crippen LogP contribution in [0.2, 0.25) is 0 Å². The third-order valence-corrected chi connectivity index (χ3v) is 8.24. The molecule has 0 aromatic heterocycles. The average Bonchev–Trinajstić information content (AvgIpc) is 2.93. The molecule has 3 aromatic rings. The second kappa shape index (κ2) is 13.7. The van der Waals surface area contributed by atoms with E-state index in [1.54, 1.807) is 24.3 Å². The van der Waals surface area contributed by atoms with Crippen LogP contribution in [-0.4, -0.2) is 47.0 Å². The lowest BCUT2D eigenvalue weighted by Crippen LogP contribution is -2.36. The van der Waals surface area contributed by atoms with Crippen LogP contribution in [0.5, 0.6) is 23.0 Å². The van der Waals surface area contributed by atoms with E-state index in [0.717, 1.165) is 41.7 Å². The Balaban J connectivity index is 1.29. The number of phenols is 2. The first-order chi connectivity index (χ1) is 19.5. The standard InChI is InChI=1S/C31H33F5O4S/c32-30(33,31(34,35)36)14-5-17-41-16-3-1-2-15-39-25-7-4-6-22(18-25)29-26-13-12-24(38)19-28(26)40-20-27(29)21-8-10-23(37)11-9-21/h4,6-13,18-19,27,29,37-38H,1-3,5,14-17,20H2. The van der Waals surface area contributed by atoms with Gasteiger partial charge in [0.2, 0.25) is 0 Å². The van der Waals surface area contributed by atoms with E-state index in [4.69, 9.17) is 9.47 Å². The van der Waals surface area contributed by atoms with Gasteiger partial charge in [0.05, 0.1) is 13.2 Å². The molecule has 2 unspecified atom stereocenters. The van der Waals surface area contributed by atoms with Crippen LogP contribution in [0.25, 0.3) is 0 Å². The molecular weight excluding hydrogens is 563 g/mol. The molecule has 0 saturated heterocycles. The average molecular weight is 597 g/mol. The van der Waals surface area contributed by atoms with Crippen LogP contribution in [0.3, 0.4) is 0 Å². The van der Waals surface area contributed by atoms with E-state index in [9.17, 15) is 32.2 Å². The predicted molar refractivity (Wildman–Crippen MR) is 150 cm³/mol. The first-order valence-electron chi connectivity index (χ1n) is 13.5. The fourth-order valence-electron chi connectivity index (χ4n) is 4.93. The summed E-state index contributed by atoms with van der Waals surface area (Å²) in [5.41, 5.74) is 3.00. The molecule has 4 nitrogen and oxygen atoms in total. The quantitative estimate of drug-likeness (QED) is 0.153. The number of phenolic OH excluding ortho intramolecular Hbond substituents is 2. The molecule has 0 saturated carbocycles. The molecule has 1 heterocycles. The van der Waals surface area contributed by atoms with Crippen LogP contribution < -0.4 is 9.47 Å². The van der Waals surface area contributed by atoms with Gasteiger partial charge in [-0.3, -0.25) is 0 Å². The van der Waals surface area contributed by atoms with E-state index in [2.05, 4.69) is 0 Å². The second-order valence-electron chi connectivity index (χ2n) is 10.1. The molecule has 10 heteroatoms. The van der Waals surface area contributed by atoms with Crippen molar-refractivity contribution in [3.8, 4) is 23.0 Å². The lowest BCUT2D eigenvalue weighted by atomic mass is 9.76. The summed E-state index contributed by atoms with van der Waals surface area (Å²) in [6.07, 6.45) is -4.37. The van der Waals surface area contributed by atoms with E-state index in [1.807, 2.05) is 42.5 Å². The fraction of sp³-hybridized carbons (Fsp3) is 0.419. The molecule has 1 aliphatic heterocycles. The van der Waals surface area contributed by atoms with Gasteiger partial charge in [0.1, 0.15) is 23.0 Å². The zero-order chi connectivity index (χ0) is 29.5. The number of halogens is 5. The Morgan fingerprint density at radius 1 is 0.805 bits per heavy atom. The SMILES string of the molecule is Oc1ccc(C2COc3cc(O)ccc3C2c2cccc(OCCCCCSCCCC(F)(F)C(F)(F)F)c2)cc1. The molecule has 0 fully saturated rings. The minimum Gasteiger partial charge on any atom is -0.508 e. The van der Waals surface area contributed by atoms with E-state index in [0.29, 0.717) is 24.7 Å². The van der Waals surface area contributed by atoms with Crippen LogP contribution >= 0.6 is 11.8 Å². The van der Waals surface area contributed by atoms with Crippen LogP contribution in [0.4, 0.5) is 22.0 Å². The number of benzene rings is 3. The summed E-state index contributed by atoms with van der Waals surface area (Å²) in [4.78, 5) is 0. The van der Waals surface area contributed by atoms with Crippen LogP contribution in [0, 0.1) is 0 Å². The number of aromatic hydroxyl groups is 2. The molecule has 0 radical (unpaired) electrons. The van der Waals surface area contributed by atoms with Gasteiger partial charge in [-0.15, -0.1) is 0 Å². The molecular formula is C31H33F5O4S. The molecule has 0 spiro atoms. The number of hydrogen-bond acceptors (Lipinski definition) is 5. The highest BCUT2D eigenvalue weighted by Gasteiger charge is 2.56. The van der Waals surface area contributed by atoms with Gasteiger partial charge in [-0.1, -0.05) is 30.3 Å². The Bertz CT molecular complexity index is 1270. The van der Waals surface area contributed by atoms with Gasteiger partial charge < -0.3 is 19.7 Å². The molecule has 222 valence electrons. The Morgan fingerprint density at radius 2 is 1.54 bits per heavy atom. The van der Waals surface area contributed by atoms with Crippen LogP contribution in [-0.2, 0) is 0 Å². The number of fused-ring (bicyclic) bond motifs is 1. The molecule has 41 heavy (non-hydrogen) atoms. The van der Waals surface area contributed by atoms with Crippen LogP contribution in [0.15, 0.2) is 66.7 Å². The number of hydrogen-bond donors (Lipinski definition) is 2. The lowest BCUT2D eigenvalue weighted by molar-refractivity contribution is -0.284. The van der Waals surface area contributed by atoms with Gasteiger partial charge in [0.15, 0.2) is 0 Å². The summed E-state index contributed by atoms with van der Waals surface area (Å²) < 4.78 is 74.5. The van der Waals surface area contributed by atoms with Gasteiger partial charge in [0, 0.05) is 29.9 Å². The highest BCUT2D eigenvalue weighted by Crippen LogP contribution is 2.47. The van der Waals surface area contributed by atoms with Gasteiger partial charge in [-0.05, 0) is 78.6 Å². The van der Waals surface area contributed by atoms with E-state index >= 15 is 0 Å². The number of ether oxygens (including phenoxy) is 2. The zero-order valence-corrected chi connectivity index (χ0v) is 23.2. The second-order valence-corrected chi connectivity index (χ2v) is 11.3. The van der Waals surface area contributed by atoms with E-state index in [-0.39, 0.29) is 35.5 Å². The van der Waals surface area contributed by atoms with Crippen molar-refractivity contribution in [1.82, 2.24) is 0 Å². The third-order valence-electron chi connectivity index (χ3n) is 7.09. The monoisotopic (exact) mass is 596 g/mol. The highest BCUT2D eigenvalue weighted by molar-refractivity contribution is 7.99. The Labute approximate surface area is 240 Å². The molecule has 2 N–H and O–H groups in total. The predicted octanol–water partition coefficient (Wildman–Crippen LogP) is 8.67. The van der Waals surface area contributed by atoms with Crippen LogP contribution in [0.1, 0.15) is 60.6 Å². The molecule has 1 aliphatic rings. The van der Waals surface area contributed by atoms with Gasteiger partial charge in [0.25, 0.3) is 0 Å². The molecule has 4 rings (SSSR count). The summed E-state index contributed by atoms with van der Waals surface area (Å²) in [5.74, 6) is -2.08. The minimum atomic E-state index is -5.48. The summed E-state index contributed by atoms with van der Waals surface area (Å²) in [5, 5.41) is 19.7. The number of rotatable bonds is 13. The Hall–Kier alpha value is -3.14. The van der Waals surface area contributed by atoms with Crippen molar-refractivity contribution in [2.75, 3.05) is 24.7 Å². The Kier molecular flexibility index (Phi) is 10.3. The van der Waals surface area contributed by atoms with Crippen molar-refractivity contribution in [2.24, 2.45) is 0 Å². The minimum absolute atomic E-state index is 0.0277. The fourth-order valence-corrected chi connectivity index (χ4v) is 5.89. The molecule has 0 amide bonds. The van der Waals surface area contributed by atoms with Crippen molar-refractivity contribution >= 4 is 11.8 Å². The van der Waals surface area contributed by atoms with Crippen molar-refractivity contribution in [1.29, 1.82) is 0 Å².